The second-order valence-electron chi connectivity index (χ2n) is 13.9. The third-order valence-corrected chi connectivity index (χ3v) is 10.7. The predicted molar refractivity (Wildman–Crippen MR) is 220 cm³/mol. The van der Waals surface area contributed by atoms with E-state index in [1.165, 1.54) is 19.0 Å². The molecule has 8 atom stereocenters. The van der Waals surface area contributed by atoms with E-state index in [0.29, 0.717) is 12.0 Å². The molecule has 17 heteroatoms. The van der Waals surface area contributed by atoms with Gasteiger partial charge in [0, 0.05) is 19.0 Å². The number of hydrogen-bond donors (Lipinski definition) is 1. The van der Waals surface area contributed by atoms with Crippen molar-refractivity contribution >= 4 is 13.9 Å². The van der Waals surface area contributed by atoms with Crippen LogP contribution in [-0.4, -0.2) is 93.1 Å². The minimum absolute atomic E-state index is 0.0831. The molecule has 0 bridgehead atoms. The van der Waals surface area contributed by atoms with Gasteiger partial charge in [-0.1, -0.05) is 133 Å². The number of carbonyl (C=O) groups excluding carboxylic acids is 1. The van der Waals surface area contributed by atoms with Crippen LogP contribution in [0.2, 0.25) is 0 Å². The minimum Gasteiger partial charge on any atom is -0.438 e. The van der Waals surface area contributed by atoms with E-state index in [1.54, 1.807) is 24.3 Å². The molecule has 0 radical (unpaired) electrons. The molecule has 16 nitrogen and oxygen atoms in total. The molecule has 0 aliphatic carbocycles. The Kier molecular flexibility index (Phi) is 19.0. The Morgan fingerprint density at radius 1 is 0.750 bits per heavy atom. The van der Waals surface area contributed by atoms with Gasteiger partial charge >= 0.3 is 13.9 Å². The van der Waals surface area contributed by atoms with Crippen LogP contribution in [0.15, 0.2) is 126 Å². The summed E-state index contributed by atoms with van der Waals surface area (Å²) in [4.78, 5) is 16.6. The first-order valence-corrected chi connectivity index (χ1v) is 21.0. The Morgan fingerprint density at radius 2 is 1.23 bits per heavy atom. The van der Waals surface area contributed by atoms with Crippen LogP contribution in [-0.2, 0) is 73.0 Å². The van der Waals surface area contributed by atoms with Gasteiger partial charge in [-0.05, 0) is 34.2 Å². The maximum Gasteiger partial charge on any atom is 0.475 e. The van der Waals surface area contributed by atoms with Gasteiger partial charge in [-0.3, -0.25) is 13.6 Å². The van der Waals surface area contributed by atoms with Gasteiger partial charge in [0.25, 0.3) is 0 Å². The number of aliphatic hydroxyl groups is 1. The van der Waals surface area contributed by atoms with Crippen molar-refractivity contribution in [1.82, 2.24) is 4.90 Å². The first-order chi connectivity index (χ1) is 29.2. The van der Waals surface area contributed by atoms with Crippen molar-refractivity contribution in [3.63, 3.8) is 0 Å². The number of carbonyl (C=O) groups is 1. The number of phosphoric acid groups is 1. The molecule has 60 heavy (non-hydrogen) atoms. The average molecular weight is 849 g/mol. The van der Waals surface area contributed by atoms with Crippen molar-refractivity contribution in [3.05, 3.63) is 154 Å². The van der Waals surface area contributed by atoms with Gasteiger partial charge in [0.2, 0.25) is 0 Å². The lowest BCUT2D eigenvalue weighted by atomic mass is 10.1. The molecule has 1 aliphatic heterocycles. The topological polar surface area (TPSA) is 189 Å². The molecular formula is C43H53N4O12P. The molecule has 0 aromatic heterocycles. The van der Waals surface area contributed by atoms with E-state index < -0.39 is 70.2 Å². The summed E-state index contributed by atoms with van der Waals surface area (Å²) in [6, 6.07) is 37.4. The van der Waals surface area contributed by atoms with E-state index in [0.717, 1.165) is 16.7 Å². The first kappa shape index (κ1) is 46.4. The maximum absolute atomic E-state index is 14.2. The SMILES string of the molecule is CC[C@H]1O[C@@H](OCC(OCc2ccccc2)C(OCc2ccccc2)C(COP(=O)(OCN=[N+]=[N-])OCc2ccccc2)OCc2ccccc2)C(OC(=O)N(C)C)[C@H]1O. The van der Waals surface area contributed by atoms with E-state index in [-0.39, 0.29) is 33.0 Å². The Labute approximate surface area is 350 Å². The van der Waals surface area contributed by atoms with E-state index in [4.69, 9.17) is 47.5 Å². The quantitative estimate of drug-likeness (QED) is 0.0294. The van der Waals surface area contributed by atoms with Crippen molar-refractivity contribution in [1.29, 1.82) is 0 Å². The van der Waals surface area contributed by atoms with E-state index in [1.807, 2.05) is 104 Å². The number of azide groups is 1. The lowest BCUT2D eigenvalue weighted by molar-refractivity contribution is -0.215. The zero-order valence-electron chi connectivity index (χ0n) is 33.9. The number of ether oxygens (including phenoxy) is 6. The highest BCUT2D eigenvalue weighted by Crippen LogP contribution is 2.50. The fourth-order valence-corrected chi connectivity index (χ4v) is 7.14. The van der Waals surface area contributed by atoms with E-state index in [2.05, 4.69) is 10.0 Å². The number of aliphatic hydroxyl groups excluding tert-OH is 1. The van der Waals surface area contributed by atoms with Crippen LogP contribution in [0.25, 0.3) is 10.4 Å². The van der Waals surface area contributed by atoms with Crippen LogP contribution in [0.5, 0.6) is 0 Å². The summed E-state index contributed by atoms with van der Waals surface area (Å²) in [5.41, 5.74) is 12.2. The lowest BCUT2D eigenvalue weighted by Gasteiger charge is -2.35. The number of benzene rings is 4. The van der Waals surface area contributed by atoms with Crippen molar-refractivity contribution in [2.45, 2.75) is 82.7 Å². The zero-order valence-corrected chi connectivity index (χ0v) is 34.8. The number of phosphoric ester groups is 1. The fourth-order valence-electron chi connectivity index (χ4n) is 6.09. The van der Waals surface area contributed by atoms with E-state index in [9.17, 15) is 14.5 Å². The number of hydrogen-bond acceptors (Lipinski definition) is 13. The summed E-state index contributed by atoms with van der Waals surface area (Å²) in [6.45, 7) is 0.736. The third-order valence-electron chi connectivity index (χ3n) is 9.32. The lowest BCUT2D eigenvalue weighted by Crippen LogP contribution is -2.48. The summed E-state index contributed by atoms with van der Waals surface area (Å²) >= 11 is 0. The largest absolute Gasteiger partial charge is 0.475 e. The summed E-state index contributed by atoms with van der Waals surface area (Å²) in [5, 5.41) is 14.5. The molecule has 4 aromatic carbocycles. The van der Waals surface area contributed by atoms with Crippen molar-refractivity contribution in [2.24, 2.45) is 5.11 Å². The second kappa shape index (κ2) is 24.6. The summed E-state index contributed by atoms with van der Waals surface area (Å²) < 4.78 is 69.4. The van der Waals surface area contributed by atoms with Crippen LogP contribution in [0, 0.1) is 0 Å². The van der Waals surface area contributed by atoms with Gasteiger partial charge in [-0.15, -0.1) is 0 Å². The molecule has 1 aliphatic rings. The molecule has 4 aromatic rings. The van der Waals surface area contributed by atoms with Crippen LogP contribution in [0.1, 0.15) is 35.6 Å². The Balaban J connectivity index is 1.49. The maximum atomic E-state index is 14.2. The monoisotopic (exact) mass is 848 g/mol. The van der Waals surface area contributed by atoms with Crippen LogP contribution < -0.4 is 0 Å². The molecule has 1 N–H and O–H groups in total. The summed E-state index contributed by atoms with van der Waals surface area (Å²) in [5.74, 6) is 0. The molecule has 5 unspecified atom stereocenters. The van der Waals surface area contributed by atoms with Crippen LogP contribution >= 0.6 is 7.82 Å². The minimum atomic E-state index is -4.43. The average Bonchev–Trinajstić information content (AvgIpc) is 3.58. The summed E-state index contributed by atoms with van der Waals surface area (Å²) in [7, 11) is -1.36. The molecule has 322 valence electrons. The first-order valence-electron chi connectivity index (χ1n) is 19.6. The van der Waals surface area contributed by atoms with Crippen LogP contribution in [0.3, 0.4) is 0 Å². The van der Waals surface area contributed by atoms with Crippen LogP contribution in [0.4, 0.5) is 4.79 Å². The zero-order chi connectivity index (χ0) is 42.6. The molecule has 1 amide bonds. The molecule has 0 spiro atoms. The molecule has 0 saturated carbocycles. The Hall–Kier alpha value is -4.67. The van der Waals surface area contributed by atoms with Gasteiger partial charge in [0.15, 0.2) is 12.4 Å². The Bertz CT molecular complexity index is 1930. The molecular weight excluding hydrogens is 795 g/mol. The summed E-state index contributed by atoms with van der Waals surface area (Å²) in [6.07, 6.45) is -7.44. The van der Waals surface area contributed by atoms with E-state index >= 15 is 0 Å². The number of rotatable bonds is 25. The van der Waals surface area contributed by atoms with Crippen molar-refractivity contribution in [2.75, 3.05) is 34.0 Å². The normalized spacial score (nSPS) is 20.0. The fraction of sp³-hybridized carbons (Fsp3) is 0.419. The van der Waals surface area contributed by atoms with Gasteiger partial charge < -0.3 is 38.4 Å². The predicted octanol–water partition coefficient (Wildman–Crippen LogP) is 7.95. The molecule has 1 saturated heterocycles. The highest BCUT2D eigenvalue weighted by Gasteiger charge is 2.47. The van der Waals surface area contributed by atoms with Crippen molar-refractivity contribution < 1.29 is 56.5 Å². The molecule has 1 heterocycles. The van der Waals surface area contributed by atoms with Crippen molar-refractivity contribution in [3.8, 4) is 0 Å². The molecule has 1 fully saturated rings. The smallest absolute Gasteiger partial charge is 0.438 e. The van der Waals surface area contributed by atoms with Gasteiger partial charge in [-0.25, -0.2) is 9.36 Å². The number of amides is 1. The van der Waals surface area contributed by atoms with Gasteiger partial charge in [-0.2, -0.15) is 0 Å². The highest BCUT2D eigenvalue weighted by atomic mass is 31.2. The Morgan fingerprint density at radius 3 is 1.72 bits per heavy atom. The second-order valence-corrected chi connectivity index (χ2v) is 15.6. The standard InChI is InChI=1S/C43H53N4O12P/c1-4-36-39(48)41(59-43(49)47(2)3)42(58-36)54-29-37(51-25-32-17-9-5-10-18-32)40(53-27-34-21-13-7-14-22-34)38(52-26-33-19-11-6-12-20-33)30-56-60(50,57-31-45-46-44)55-28-35-23-15-8-16-24-35/h5-24,36-42,48H,4,25-31H2,1-3H3/t36-,37?,38?,39+,40?,41?,42-,60?/m1/s1. The van der Waals surface area contributed by atoms with Gasteiger partial charge in [0.1, 0.15) is 31.1 Å². The molecule has 5 rings (SSSR count). The van der Waals surface area contributed by atoms with Gasteiger partial charge in [0.05, 0.1) is 45.7 Å². The third kappa shape index (κ3) is 14.8. The number of nitrogens with zero attached hydrogens (tertiary/aromatic N) is 4. The highest BCUT2D eigenvalue weighted by molar-refractivity contribution is 7.48.